The molecule has 2 fully saturated rings. The molecule has 2 aromatic rings. The van der Waals surface area contributed by atoms with Crippen LogP contribution < -0.4 is 21.8 Å². The maximum Gasteiger partial charge on any atom is 0.313 e. The Bertz CT molecular complexity index is 1020. The molecule has 1 aromatic heterocycles. The lowest BCUT2D eigenvalue weighted by Gasteiger charge is -2.52. The minimum absolute atomic E-state index is 0.0938. The van der Waals surface area contributed by atoms with Gasteiger partial charge in [-0.2, -0.15) is 4.57 Å². The van der Waals surface area contributed by atoms with Crippen molar-refractivity contribution >= 4 is 47.0 Å². The van der Waals surface area contributed by atoms with E-state index < -0.39 is 17.4 Å². The van der Waals surface area contributed by atoms with Crippen molar-refractivity contribution in [3.63, 3.8) is 0 Å². The molecule has 3 heterocycles. The van der Waals surface area contributed by atoms with Crippen LogP contribution in [0.2, 0.25) is 0 Å². The van der Waals surface area contributed by atoms with Crippen LogP contribution >= 0.6 is 23.5 Å². The molecule has 8 N–H and O–H groups in total. The van der Waals surface area contributed by atoms with E-state index in [1.54, 1.807) is 16.7 Å². The van der Waals surface area contributed by atoms with Crippen molar-refractivity contribution in [1.82, 2.24) is 9.88 Å². The van der Waals surface area contributed by atoms with Crippen molar-refractivity contribution in [2.75, 3.05) is 29.5 Å². The third-order valence-corrected chi connectivity index (χ3v) is 8.03. The molecule has 2 saturated heterocycles. The lowest BCUT2D eigenvalue weighted by Crippen LogP contribution is -2.72. The molecule has 2 aliphatic heterocycles. The van der Waals surface area contributed by atoms with E-state index in [1.165, 1.54) is 46.6 Å². The van der Waals surface area contributed by atoms with E-state index in [0.717, 1.165) is 0 Å². The van der Waals surface area contributed by atoms with Gasteiger partial charge in [0.2, 0.25) is 17.5 Å². The number of β-lactam (4-membered cyclic amide) rings is 1. The van der Waals surface area contributed by atoms with Crippen LogP contribution in [-0.4, -0.2) is 61.4 Å². The normalized spacial score (nSPS) is 25.5. The number of aromatic nitrogens is 2. The Morgan fingerprint density at radius 1 is 1.37 bits per heavy atom. The molecule has 4 rings (SSSR count). The van der Waals surface area contributed by atoms with Crippen molar-refractivity contribution in [3.8, 4) is 11.4 Å². The van der Waals surface area contributed by atoms with Crippen molar-refractivity contribution in [2.45, 2.75) is 16.6 Å². The fourth-order valence-corrected chi connectivity index (χ4v) is 6.34. The first kappa shape index (κ1) is 20.6. The molecule has 0 radical (unpaired) electrons. The summed E-state index contributed by atoms with van der Waals surface area (Å²) < 4.78 is 1.64. The van der Waals surface area contributed by atoms with Crippen LogP contribution in [0.5, 0.6) is 5.75 Å². The highest BCUT2D eigenvalue weighted by molar-refractivity contribution is 8.00. The van der Waals surface area contributed by atoms with Gasteiger partial charge in [0, 0.05) is 18.1 Å². The lowest BCUT2D eigenvalue weighted by atomic mass is 9.89. The molecular weight excluding hydrogens is 428 g/mol. The minimum Gasteiger partial charge on any atom is -0.508 e. The zero-order chi connectivity index (χ0) is 21.6. The number of rotatable bonds is 5. The van der Waals surface area contributed by atoms with Crippen LogP contribution in [0.3, 0.4) is 0 Å². The number of fused-ring (bicyclic) bond motifs is 1. The number of nitrogens with zero attached hydrogens (tertiary/aromatic N) is 3. The highest BCUT2D eigenvalue weighted by atomic mass is 32.2. The number of thioether (sulfide) groups is 2. The largest absolute Gasteiger partial charge is 0.508 e. The molecule has 2 aliphatic rings. The number of hydrogen-bond donors (Lipinski definition) is 5. The highest BCUT2D eigenvalue weighted by Crippen LogP contribution is 2.43. The van der Waals surface area contributed by atoms with Gasteiger partial charge in [0.15, 0.2) is 0 Å². The van der Waals surface area contributed by atoms with Crippen LogP contribution in [0.4, 0.5) is 11.6 Å². The maximum atomic E-state index is 12.2. The van der Waals surface area contributed by atoms with Gasteiger partial charge in [-0.3, -0.25) is 9.59 Å². The Balaban J connectivity index is 1.63. The standard InChI is InChI=1S/C18H20N6O4S2/c19-11-5-12(20)24(9-1-3-10(25)4-2-9)17(22-11)30-8-18(16(27)28)6-23-14(26)13(21)15(23)29-7-18/h1-5,13,15H,6-8,21H2,(H5,19,20,25,27,28)/p+1/t13?,15-,18?/m1/s1. The number of nitrogens with two attached hydrogens (primary N) is 3. The minimum atomic E-state index is -1.16. The number of anilines is 2. The summed E-state index contributed by atoms with van der Waals surface area (Å²) in [5, 5.41) is 19.8. The topological polar surface area (TPSA) is 173 Å². The molecule has 10 nitrogen and oxygen atoms in total. The number of amides is 1. The van der Waals surface area contributed by atoms with Gasteiger partial charge in [0.25, 0.3) is 0 Å². The van der Waals surface area contributed by atoms with Gasteiger partial charge in [-0.05, 0) is 24.3 Å². The number of phenolic OH excluding ortho intramolecular Hbond substituents is 1. The van der Waals surface area contributed by atoms with Gasteiger partial charge in [-0.1, -0.05) is 16.7 Å². The van der Waals surface area contributed by atoms with Crippen LogP contribution in [0.1, 0.15) is 0 Å². The molecule has 0 saturated carbocycles. The number of aliphatic carboxylic acids is 1. The van der Waals surface area contributed by atoms with E-state index in [4.69, 9.17) is 17.2 Å². The number of carbonyl (C=O) groups is 2. The molecule has 1 aromatic carbocycles. The van der Waals surface area contributed by atoms with Gasteiger partial charge in [-0.15, -0.1) is 11.8 Å². The number of carboxylic acid groups (broad SMARTS) is 1. The fourth-order valence-electron chi connectivity index (χ4n) is 3.49. The summed E-state index contributed by atoms with van der Waals surface area (Å²) in [6.45, 7) is 0.0938. The Morgan fingerprint density at radius 2 is 2.07 bits per heavy atom. The number of phenols is 1. The van der Waals surface area contributed by atoms with Crippen LogP contribution in [-0.2, 0) is 9.59 Å². The van der Waals surface area contributed by atoms with Crippen LogP contribution in [0, 0.1) is 5.41 Å². The van der Waals surface area contributed by atoms with Crippen LogP contribution in [0.25, 0.3) is 5.69 Å². The third-order valence-electron chi connectivity index (χ3n) is 5.20. The molecule has 158 valence electrons. The second kappa shape index (κ2) is 7.52. The molecule has 2 unspecified atom stereocenters. The Hall–Kier alpha value is -2.70. The molecule has 12 heteroatoms. The number of nitrogen functional groups attached to an aromatic ring is 2. The van der Waals surface area contributed by atoms with E-state index in [2.05, 4.69) is 4.98 Å². The first-order valence-electron chi connectivity index (χ1n) is 9.03. The average molecular weight is 450 g/mol. The Kier molecular flexibility index (Phi) is 5.16. The predicted molar refractivity (Wildman–Crippen MR) is 113 cm³/mol. The van der Waals surface area contributed by atoms with Crippen molar-refractivity contribution < 1.29 is 24.4 Å². The monoisotopic (exact) mass is 449 g/mol. The van der Waals surface area contributed by atoms with E-state index in [0.29, 0.717) is 22.4 Å². The number of aromatic hydroxyl groups is 1. The van der Waals surface area contributed by atoms with Gasteiger partial charge in [-0.25, -0.2) is 0 Å². The lowest BCUT2D eigenvalue weighted by molar-refractivity contribution is -0.626. The smallest absolute Gasteiger partial charge is 0.313 e. The number of carboxylic acids is 1. The zero-order valence-corrected chi connectivity index (χ0v) is 17.4. The second-order valence-corrected chi connectivity index (χ2v) is 9.36. The molecule has 30 heavy (non-hydrogen) atoms. The summed E-state index contributed by atoms with van der Waals surface area (Å²) in [5.41, 5.74) is 17.3. The van der Waals surface area contributed by atoms with Gasteiger partial charge in [0.1, 0.15) is 28.3 Å². The average Bonchev–Trinajstić information content (AvgIpc) is 2.72. The van der Waals surface area contributed by atoms with E-state index in [-0.39, 0.29) is 35.1 Å². The summed E-state index contributed by atoms with van der Waals surface area (Å²) in [6, 6.07) is 7.31. The zero-order valence-electron chi connectivity index (χ0n) is 15.8. The quantitative estimate of drug-likeness (QED) is 0.175. The predicted octanol–water partition coefficient (Wildman–Crippen LogP) is -0.366. The summed E-state index contributed by atoms with van der Waals surface area (Å²) in [7, 11) is 0. The third kappa shape index (κ3) is 3.40. The SMILES string of the molecule is Nc1cc(N)[n+](-c2ccc(O)cc2)c(SCC2(C(=O)O)CS[C@@H]3C(N)C(=O)N3C2)n1. The summed E-state index contributed by atoms with van der Waals surface area (Å²) in [6.07, 6.45) is 0. The van der Waals surface area contributed by atoms with Gasteiger partial charge in [0.05, 0.1) is 6.07 Å². The number of carbonyl (C=O) groups excluding carboxylic acids is 1. The van der Waals surface area contributed by atoms with E-state index in [9.17, 15) is 19.8 Å². The van der Waals surface area contributed by atoms with Crippen molar-refractivity contribution in [2.24, 2.45) is 11.1 Å². The summed E-state index contributed by atoms with van der Waals surface area (Å²) in [4.78, 5) is 30.1. The van der Waals surface area contributed by atoms with E-state index in [1.807, 2.05) is 0 Å². The molecule has 3 atom stereocenters. The molecule has 0 spiro atoms. The number of hydrogen-bond acceptors (Lipinski definition) is 9. The molecular formula is C18H21N6O4S2+. The van der Waals surface area contributed by atoms with Gasteiger partial charge < -0.3 is 32.3 Å². The van der Waals surface area contributed by atoms with E-state index >= 15 is 0 Å². The summed E-state index contributed by atoms with van der Waals surface area (Å²) >= 11 is 2.59. The van der Waals surface area contributed by atoms with Gasteiger partial charge >= 0.3 is 11.1 Å². The molecule has 0 bridgehead atoms. The Labute approximate surface area is 180 Å². The first-order valence-corrected chi connectivity index (χ1v) is 11.1. The van der Waals surface area contributed by atoms with Crippen molar-refractivity contribution in [1.29, 1.82) is 0 Å². The number of benzene rings is 1. The summed E-state index contributed by atoms with van der Waals surface area (Å²) in [5.74, 6) is -0.0932. The molecule has 1 amide bonds. The van der Waals surface area contributed by atoms with Crippen LogP contribution in [0.15, 0.2) is 35.5 Å². The molecule has 0 aliphatic carbocycles. The van der Waals surface area contributed by atoms with Crippen molar-refractivity contribution in [3.05, 3.63) is 30.3 Å². The second-order valence-electron chi connectivity index (χ2n) is 7.31. The highest BCUT2D eigenvalue weighted by Gasteiger charge is 2.56. The fraction of sp³-hybridized carbons (Fsp3) is 0.333. The maximum absolute atomic E-state index is 12.2. The first-order chi connectivity index (χ1) is 14.2. The Morgan fingerprint density at radius 3 is 2.73 bits per heavy atom.